The van der Waals surface area contributed by atoms with Gasteiger partial charge in [-0.2, -0.15) is 4.98 Å². The molecule has 1 atom stereocenters. The first-order valence-electron chi connectivity index (χ1n) is 6.42. The third-order valence-electron chi connectivity index (χ3n) is 3.47. The van der Waals surface area contributed by atoms with Gasteiger partial charge in [0.05, 0.1) is 11.5 Å². The Morgan fingerprint density at radius 1 is 1.65 bits per heavy atom. The lowest BCUT2D eigenvalue weighted by Crippen LogP contribution is -2.26. The second-order valence-electron chi connectivity index (χ2n) is 4.69. The lowest BCUT2D eigenvalue weighted by molar-refractivity contribution is -0.385. The lowest BCUT2D eigenvalue weighted by Gasteiger charge is -2.19. The number of nitrogens with one attached hydrogen (secondary N) is 1. The molecule has 0 bridgehead atoms. The Hall–Kier alpha value is -2.00. The van der Waals surface area contributed by atoms with Crippen LogP contribution in [0, 0.1) is 10.1 Å². The summed E-state index contributed by atoms with van der Waals surface area (Å²) < 4.78 is 5.44. The molecule has 0 radical (unpaired) electrons. The van der Waals surface area contributed by atoms with Crippen LogP contribution in [0.5, 0.6) is 5.88 Å². The highest BCUT2D eigenvalue weighted by Gasteiger charge is 2.25. The summed E-state index contributed by atoms with van der Waals surface area (Å²) in [4.78, 5) is 20.2. The van der Waals surface area contributed by atoms with E-state index >= 15 is 0 Å². The van der Waals surface area contributed by atoms with E-state index < -0.39 is 4.92 Å². The lowest BCUT2D eigenvalue weighted by atomic mass is 10.1. The molecule has 0 spiro atoms. The van der Waals surface area contributed by atoms with Gasteiger partial charge in [-0.1, -0.05) is 0 Å². The molecule has 1 saturated heterocycles. The molecule has 110 valence electrons. The maximum absolute atomic E-state index is 11.0. The number of nitrogens with zero attached hydrogens (tertiary/aromatic N) is 4. The van der Waals surface area contributed by atoms with Gasteiger partial charge in [-0.3, -0.25) is 10.1 Å². The number of anilines is 1. The molecule has 0 amide bonds. The van der Waals surface area contributed by atoms with Crippen molar-refractivity contribution in [1.29, 1.82) is 0 Å². The molecule has 0 aromatic carbocycles. The monoisotopic (exact) mass is 282 g/mol. The second kappa shape index (κ2) is 6.44. The fraction of sp³-hybridized carbons (Fsp3) is 0.636. The standard InChI is InChI=1S/C11H18N6O3/c1-16-5-2-3-8(16)4-6-20-11-9(17(18)19)10(15-12)13-7-14-11/h7-8H,2-6,12H2,1H3,(H,13,14,15). The van der Waals surface area contributed by atoms with Gasteiger partial charge in [-0.15, -0.1) is 0 Å². The van der Waals surface area contributed by atoms with Crippen LogP contribution in [0.1, 0.15) is 19.3 Å². The van der Waals surface area contributed by atoms with E-state index in [1.54, 1.807) is 0 Å². The summed E-state index contributed by atoms with van der Waals surface area (Å²) in [6.07, 6.45) is 4.29. The van der Waals surface area contributed by atoms with Crippen LogP contribution in [0.2, 0.25) is 0 Å². The second-order valence-corrected chi connectivity index (χ2v) is 4.69. The van der Waals surface area contributed by atoms with E-state index in [2.05, 4.69) is 27.3 Å². The normalized spacial score (nSPS) is 19.0. The molecule has 2 heterocycles. The van der Waals surface area contributed by atoms with Crippen molar-refractivity contribution in [2.24, 2.45) is 5.84 Å². The number of aromatic nitrogens is 2. The first kappa shape index (κ1) is 14.4. The highest BCUT2D eigenvalue weighted by atomic mass is 16.6. The predicted molar refractivity (Wildman–Crippen MR) is 72.3 cm³/mol. The summed E-state index contributed by atoms with van der Waals surface area (Å²) in [5.74, 6) is 5.08. The van der Waals surface area contributed by atoms with Gasteiger partial charge in [-0.05, 0) is 32.9 Å². The Morgan fingerprint density at radius 2 is 2.45 bits per heavy atom. The molecule has 1 aromatic heterocycles. The van der Waals surface area contributed by atoms with Gasteiger partial charge in [-0.25, -0.2) is 10.8 Å². The number of ether oxygens (including phenoxy) is 1. The molecule has 3 N–H and O–H groups in total. The summed E-state index contributed by atoms with van der Waals surface area (Å²) in [5.41, 5.74) is 1.84. The average molecular weight is 282 g/mol. The van der Waals surface area contributed by atoms with E-state index in [-0.39, 0.29) is 17.4 Å². The van der Waals surface area contributed by atoms with Crippen molar-refractivity contribution in [3.8, 4) is 5.88 Å². The van der Waals surface area contributed by atoms with Gasteiger partial charge in [0.1, 0.15) is 6.33 Å². The summed E-state index contributed by atoms with van der Waals surface area (Å²) >= 11 is 0. The van der Waals surface area contributed by atoms with Crippen molar-refractivity contribution in [3.63, 3.8) is 0 Å². The number of nitrogens with two attached hydrogens (primary N) is 1. The Morgan fingerprint density at radius 3 is 3.05 bits per heavy atom. The van der Waals surface area contributed by atoms with Crippen LogP contribution in [-0.4, -0.2) is 46.0 Å². The largest absolute Gasteiger partial charge is 0.473 e. The molecule has 1 aromatic rings. The minimum absolute atomic E-state index is 0.0569. The molecule has 1 aliphatic rings. The average Bonchev–Trinajstić information content (AvgIpc) is 2.84. The smallest absolute Gasteiger partial charge is 0.374 e. The molecular weight excluding hydrogens is 264 g/mol. The Balaban J connectivity index is 2.00. The van der Waals surface area contributed by atoms with Crippen LogP contribution in [0.25, 0.3) is 0 Å². The molecule has 9 nitrogen and oxygen atoms in total. The Bertz CT molecular complexity index is 483. The number of nitro groups is 1. The minimum atomic E-state index is -0.605. The number of likely N-dealkylation sites (tertiary alicyclic amines) is 1. The third kappa shape index (κ3) is 3.11. The molecule has 9 heteroatoms. The first-order valence-corrected chi connectivity index (χ1v) is 6.42. The van der Waals surface area contributed by atoms with Crippen molar-refractivity contribution >= 4 is 11.5 Å². The maximum Gasteiger partial charge on any atom is 0.374 e. The molecule has 0 aliphatic carbocycles. The Kier molecular flexibility index (Phi) is 4.64. The fourth-order valence-electron chi connectivity index (χ4n) is 2.37. The van der Waals surface area contributed by atoms with E-state index in [0.717, 1.165) is 19.4 Å². The maximum atomic E-state index is 11.0. The zero-order chi connectivity index (χ0) is 14.5. The fourth-order valence-corrected chi connectivity index (χ4v) is 2.37. The van der Waals surface area contributed by atoms with Gasteiger partial charge in [0, 0.05) is 6.04 Å². The highest BCUT2D eigenvalue weighted by Crippen LogP contribution is 2.30. The van der Waals surface area contributed by atoms with Crippen LogP contribution < -0.4 is 16.0 Å². The SMILES string of the molecule is CN1CCCC1CCOc1ncnc(NN)c1[N+](=O)[O-]. The van der Waals surface area contributed by atoms with Crippen molar-refractivity contribution in [2.75, 3.05) is 25.6 Å². The van der Waals surface area contributed by atoms with E-state index in [1.807, 2.05) is 0 Å². The van der Waals surface area contributed by atoms with Crippen LogP contribution in [0.15, 0.2) is 6.33 Å². The highest BCUT2D eigenvalue weighted by molar-refractivity contribution is 5.60. The molecule has 2 rings (SSSR count). The van der Waals surface area contributed by atoms with Crippen LogP contribution >= 0.6 is 0 Å². The van der Waals surface area contributed by atoms with Crippen LogP contribution in [-0.2, 0) is 0 Å². The number of hydrazine groups is 1. The van der Waals surface area contributed by atoms with E-state index in [9.17, 15) is 10.1 Å². The van der Waals surface area contributed by atoms with Crippen LogP contribution in [0.4, 0.5) is 11.5 Å². The van der Waals surface area contributed by atoms with E-state index in [0.29, 0.717) is 12.6 Å². The Labute approximate surface area is 116 Å². The first-order chi connectivity index (χ1) is 9.63. The molecule has 20 heavy (non-hydrogen) atoms. The zero-order valence-corrected chi connectivity index (χ0v) is 11.3. The summed E-state index contributed by atoms with van der Waals surface area (Å²) in [6, 6.07) is 0.461. The van der Waals surface area contributed by atoms with Gasteiger partial charge in [0.2, 0.25) is 5.82 Å². The summed E-state index contributed by atoms with van der Waals surface area (Å²) in [5, 5.41) is 11.0. The zero-order valence-electron chi connectivity index (χ0n) is 11.3. The number of nitrogen functional groups attached to an aromatic ring is 1. The number of hydrogen-bond donors (Lipinski definition) is 2. The van der Waals surface area contributed by atoms with E-state index in [4.69, 9.17) is 10.6 Å². The van der Waals surface area contributed by atoms with Gasteiger partial charge in [0.25, 0.3) is 5.88 Å². The molecule has 1 fully saturated rings. The molecule has 1 aliphatic heterocycles. The quantitative estimate of drug-likeness (QED) is 0.440. The molecule has 1 unspecified atom stereocenters. The van der Waals surface area contributed by atoms with Crippen molar-refractivity contribution < 1.29 is 9.66 Å². The van der Waals surface area contributed by atoms with Gasteiger partial charge < -0.3 is 15.1 Å². The van der Waals surface area contributed by atoms with Gasteiger partial charge in [0.15, 0.2) is 0 Å². The van der Waals surface area contributed by atoms with E-state index in [1.165, 1.54) is 12.7 Å². The van der Waals surface area contributed by atoms with Crippen molar-refractivity contribution in [3.05, 3.63) is 16.4 Å². The van der Waals surface area contributed by atoms with Gasteiger partial charge >= 0.3 is 5.69 Å². The predicted octanol–water partition coefficient (Wildman–Crippen LogP) is 0.534. The van der Waals surface area contributed by atoms with Crippen molar-refractivity contribution in [1.82, 2.24) is 14.9 Å². The molecular formula is C11H18N6O3. The molecule has 0 saturated carbocycles. The number of rotatable bonds is 6. The van der Waals surface area contributed by atoms with Crippen molar-refractivity contribution in [2.45, 2.75) is 25.3 Å². The summed E-state index contributed by atoms with van der Waals surface area (Å²) in [6.45, 7) is 1.45. The minimum Gasteiger partial charge on any atom is -0.473 e. The number of hydrogen-bond acceptors (Lipinski definition) is 8. The van der Waals surface area contributed by atoms with Crippen LogP contribution in [0.3, 0.4) is 0 Å². The topological polar surface area (TPSA) is 119 Å². The third-order valence-corrected chi connectivity index (χ3v) is 3.47. The summed E-state index contributed by atoms with van der Waals surface area (Å²) in [7, 11) is 2.07.